The number of fused-ring (bicyclic) bond motifs is 19. The van der Waals surface area contributed by atoms with Crippen LogP contribution in [0.1, 0.15) is 22.3 Å². The standard InChI is InChI=1S/C67H39NO2S/c1-2-17-40(18-3-1)43-19-7-13-30-58(43)68(42-33-35-47-46-22-6-12-29-56(46)67(57(47)38-42)54-27-10-4-20-44(54)45-21-5-11-28-55(45)67)41-34-36-60-52(37-41)53-39-61-63(50-24-8-14-31-59(50)69-61)64(65(53)70-60)51-26-16-25-49-48-23-9-15-32-62(48)71-66(49)51/h1-39H. The molecule has 11 aromatic carbocycles. The van der Waals surface area contributed by atoms with Crippen molar-refractivity contribution in [1.82, 2.24) is 0 Å². The Morgan fingerprint density at radius 1 is 0.352 bits per heavy atom. The van der Waals surface area contributed by atoms with Crippen molar-refractivity contribution in [2.24, 2.45) is 0 Å². The predicted molar refractivity (Wildman–Crippen MR) is 296 cm³/mol. The number of hydrogen-bond donors (Lipinski definition) is 0. The molecule has 0 radical (unpaired) electrons. The average Bonchev–Trinajstić information content (AvgIpc) is 4.24. The normalized spacial score (nSPS) is 13.2. The number of rotatable bonds is 5. The second-order valence-electron chi connectivity index (χ2n) is 19.0. The molecule has 0 N–H and O–H groups in total. The van der Waals surface area contributed by atoms with Crippen molar-refractivity contribution in [2.45, 2.75) is 5.41 Å². The number of furan rings is 2. The molecular weight excluding hydrogens is 883 g/mol. The van der Waals surface area contributed by atoms with Gasteiger partial charge in [-0.2, -0.15) is 0 Å². The Labute approximate surface area is 412 Å². The Kier molecular flexibility index (Phi) is 7.97. The summed E-state index contributed by atoms with van der Waals surface area (Å²) in [4.78, 5) is 2.46. The molecule has 0 fully saturated rings. The van der Waals surface area contributed by atoms with Crippen molar-refractivity contribution >= 4 is 92.4 Å². The van der Waals surface area contributed by atoms with Gasteiger partial charge in [0.1, 0.15) is 22.3 Å². The highest BCUT2D eigenvalue weighted by Gasteiger charge is 2.51. The molecule has 0 amide bonds. The second-order valence-corrected chi connectivity index (χ2v) is 20.1. The Hall–Kier alpha value is -8.96. The first-order valence-electron chi connectivity index (χ1n) is 24.3. The number of hydrogen-bond acceptors (Lipinski definition) is 4. The van der Waals surface area contributed by atoms with E-state index in [9.17, 15) is 0 Å². The topological polar surface area (TPSA) is 29.5 Å². The van der Waals surface area contributed by atoms with Gasteiger partial charge in [-0.25, -0.2) is 0 Å². The molecule has 0 atom stereocenters. The van der Waals surface area contributed by atoms with Gasteiger partial charge in [-0.3, -0.25) is 0 Å². The van der Waals surface area contributed by atoms with Gasteiger partial charge in [0.15, 0.2) is 0 Å². The molecule has 3 aromatic heterocycles. The van der Waals surface area contributed by atoms with Crippen LogP contribution < -0.4 is 4.90 Å². The lowest BCUT2D eigenvalue weighted by molar-refractivity contribution is 0.664. The highest BCUT2D eigenvalue weighted by molar-refractivity contribution is 7.26. The monoisotopic (exact) mass is 921 g/mol. The van der Waals surface area contributed by atoms with Crippen molar-refractivity contribution in [3.63, 3.8) is 0 Å². The smallest absolute Gasteiger partial charge is 0.144 e. The fourth-order valence-electron chi connectivity index (χ4n) is 12.6. The third-order valence-corrected chi connectivity index (χ3v) is 16.7. The van der Waals surface area contributed by atoms with Gasteiger partial charge < -0.3 is 13.7 Å². The summed E-state index contributed by atoms with van der Waals surface area (Å²) in [6.07, 6.45) is 0. The molecule has 71 heavy (non-hydrogen) atoms. The van der Waals surface area contributed by atoms with Crippen LogP contribution >= 0.6 is 11.3 Å². The molecule has 14 aromatic rings. The highest BCUT2D eigenvalue weighted by atomic mass is 32.1. The van der Waals surface area contributed by atoms with E-state index < -0.39 is 5.41 Å². The summed E-state index contributed by atoms with van der Waals surface area (Å²) >= 11 is 1.84. The summed E-state index contributed by atoms with van der Waals surface area (Å²) in [6, 6.07) is 86.6. The van der Waals surface area contributed by atoms with Crippen molar-refractivity contribution in [3.05, 3.63) is 259 Å². The summed E-state index contributed by atoms with van der Waals surface area (Å²) in [5.74, 6) is 0. The van der Waals surface area contributed by atoms with Crippen LogP contribution in [0.3, 0.4) is 0 Å². The quantitative estimate of drug-likeness (QED) is 0.172. The number of para-hydroxylation sites is 2. The third-order valence-electron chi connectivity index (χ3n) is 15.5. The van der Waals surface area contributed by atoms with Gasteiger partial charge >= 0.3 is 0 Å². The Morgan fingerprint density at radius 3 is 1.70 bits per heavy atom. The van der Waals surface area contributed by atoms with Gasteiger partial charge in [0.25, 0.3) is 0 Å². The summed E-state index contributed by atoms with van der Waals surface area (Å²) < 4.78 is 16.5. The van der Waals surface area contributed by atoms with Crippen LogP contribution in [0.25, 0.3) is 109 Å². The lowest BCUT2D eigenvalue weighted by Gasteiger charge is -2.32. The predicted octanol–water partition coefficient (Wildman–Crippen LogP) is 19.0. The lowest BCUT2D eigenvalue weighted by Crippen LogP contribution is -2.26. The second kappa shape index (κ2) is 14.5. The van der Waals surface area contributed by atoms with E-state index in [2.05, 4.69) is 241 Å². The zero-order valence-corrected chi connectivity index (χ0v) is 39.0. The molecule has 3 nitrogen and oxygen atoms in total. The highest BCUT2D eigenvalue weighted by Crippen LogP contribution is 2.63. The van der Waals surface area contributed by atoms with Crippen LogP contribution in [-0.4, -0.2) is 0 Å². The van der Waals surface area contributed by atoms with E-state index in [-0.39, 0.29) is 0 Å². The van der Waals surface area contributed by atoms with Gasteiger partial charge in [-0.15, -0.1) is 11.3 Å². The van der Waals surface area contributed by atoms with E-state index in [4.69, 9.17) is 8.83 Å². The largest absolute Gasteiger partial charge is 0.456 e. The first-order chi connectivity index (χ1) is 35.2. The fraction of sp³-hybridized carbons (Fsp3) is 0.0149. The molecule has 0 saturated carbocycles. The van der Waals surface area contributed by atoms with Crippen molar-refractivity contribution in [3.8, 4) is 44.5 Å². The van der Waals surface area contributed by atoms with E-state index in [1.807, 2.05) is 11.3 Å². The fourth-order valence-corrected chi connectivity index (χ4v) is 13.8. The van der Waals surface area contributed by atoms with E-state index in [0.29, 0.717) is 0 Å². The maximum Gasteiger partial charge on any atom is 0.144 e. The van der Waals surface area contributed by atoms with Crippen LogP contribution in [0.15, 0.2) is 245 Å². The van der Waals surface area contributed by atoms with Gasteiger partial charge in [0.2, 0.25) is 0 Å². The van der Waals surface area contributed by atoms with Gasteiger partial charge in [-0.05, 0) is 105 Å². The van der Waals surface area contributed by atoms with Crippen LogP contribution in [0.2, 0.25) is 0 Å². The van der Waals surface area contributed by atoms with E-state index >= 15 is 0 Å². The van der Waals surface area contributed by atoms with Crippen molar-refractivity contribution in [1.29, 1.82) is 0 Å². The number of anilines is 3. The summed E-state index contributed by atoms with van der Waals surface area (Å²) in [5.41, 5.74) is 21.0. The molecule has 2 aliphatic rings. The number of thiophene rings is 1. The number of nitrogens with zero attached hydrogens (tertiary/aromatic N) is 1. The maximum atomic E-state index is 7.20. The Morgan fingerprint density at radius 2 is 0.930 bits per heavy atom. The maximum absolute atomic E-state index is 7.20. The minimum atomic E-state index is -0.490. The van der Waals surface area contributed by atoms with Crippen molar-refractivity contribution in [2.75, 3.05) is 4.90 Å². The van der Waals surface area contributed by atoms with Crippen LogP contribution in [-0.2, 0) is 5.41 Å². The molecule has 3 heterocycles. The molecule has 2 aliphatic carbocycles. The molecule has 0 saturated heterocycles. The molecule has 0 unspecified atom stereocenters. The molecule has 1 spiro atoms. The molecule has 330 valence electrons. The van der Waals surface area contributed by atoms with Crippen LogP contribution in [0, 0.1) is 0 Å². The zero-order chi connectivity index (χ0) is 46.4. The molecule has 4 heteroatoms. The van der Waals surface area contributed by atoms with E-state index in [1.165, 1.54) is 64.7 Å². The molecule has 16 rings (SSSR count). The van der Waals surface area contributed by atoms with Crippen LogP contribution in [0.4, 0.5) is 17.1 Å². The third kappa shape index (κ3) is 5.26. The SMILES string of the molecule is c1ccc(-c2ccccc2N(c2ccc3c(c2)C2(c4ccccc4-c4ccccc42)c2ccccc2-3)c2ccc3oc4c(-c5cccc6c5sc5ccccc56)c5c(cc4c3c2)oc2ccccc25)cc1. The van der Waals surface area contributed by atoms with E-state index in [0.717, 1.165) is 83.2 Å². The lowest BCUT2D eigenvalue weighted by atomic mass is 9.70. The molecular formula is C67H39NO2S. The Balaban J connectivity index is 0.977. The summed E-state index contributed by atoms with van der Waals surface area (Å²) in [5, 5.41) is 6.69. The molecule has 0 bridgehead atoms. The zero-order valence-electron chi connectivity index (χ0n) is 38.2. The number of benzene rings is 11. The minimum Gasteiger partial charge on any atom is -0.456 e. The summed E-state index contributed by atoms with van der Waals surface area (Å²) in [7, 11) is 0. The van der Waals surface area contributed by atoms with Gasteiger partial charge in [-0.1, -0.05) is 182 Å². The first kappa shape index (κ1) is 38.9. The first-order valence-corrected chi connectivity index (χ1v) is 25.1. The van der Waals surface area contributed by atoms with Gasteiger partial charge in [0.05, 0.1) is 11.1 Å². The Bertz CT molecular complexity index is 4490. The average molecular weight is 922 g/mol. The van der Waals surface area contributed by atoms with Gasteiger partial charge in [0, 0.05) is 69.8 Å². The van der Waals surface area contributed by atoms with E-state index in [1.54, 1.807) is 0 Å². The minimum absolute atomic E-state index is 0.490. The molecule has 0 aliphatic heterocycles. The van der Waals surface area contributed by atoms with Crippen molar-refractivity contribution < 1.29 is 8.83 Å². The summed E-state index contributed by atoms with van der Waals surface area (Å²) in [6.45, 7) is 0. The van der Waals surface area contributed by atoms with Crippen LogP contribution in [0.5, 0.6) is 0 Å².